The molecular formula is C9H6ClFN2. The summed E-state index contributed by atoms with van der Waals surface area (Å²) in [6.45, 7) is 0. The Hall–Kier alpha value is -1.40. The first-order valence-corrected chi connectivity index (χ1v) is 3.96. The van der Waals surface area contributed by atoms with Crippen LogP contribution >= 0.6 is 11.6 Å². The average molecular weight is 197 g/mol. The smallest absolute Gasteiger partial charge is 0.142 e. The highest BCUT2D eigenvalue weighted by Crippen LogP contribution is 2.15. The summed E-state index contributed by atoms with van der Waals surface area (Å²) in [5.74, 6) is -0.444. The Bertz CT molecular complexity index is 368. The minimum Gasteiger partial charge on any atom is -0.241 e. The molecule has 0 atom stereocenters. The topological polar surface area (TPSA) is 36.7 Å². The third-order valence-electron chi connectivity index (χ3n) is 1.34. The van der Waals surface area contributed by atoms with Crippen LogP contribution in [0.3, 0.4) is 0 Å². The van der Waals surface area contributed by atoms with Crippen molar-refractivity contribution >= 4 is 17.7 Å². The number of halogens is 2. The van der Waals surface area contributed by atoms with Crippen LogP contribution in [0.2, 0.25) is 5.15 Å². The summed E-state index contributed by atoms with van der Waals surface area (Å²) in [5, 5.41) is 8.48. The van der Waals surface area contributed by atoms with Crippen LogP contribution in [0.5, 0.6) is 0 Å². The van der Waals surface area contributed by atoms with Crippen LogP contribution in [0.25, 0.3) is 6.08 Å². The first-order chi connectivity index (χ1) is 6.24. The summed E-state index contributed by atoms with van der Waals surface area (Å²) < 4.78 is 12.6. The van der Waals surface area contributed by atoms with E-state index in [0.29, 0.717) is 5.56 Å². The van der Waals surface area contributed by atoms with Crippen LogP contribution in [0.15, 0.2) is 18.3 Å². The van der Waals surface area contributed by atoms with Crippen molar-refractivity contribution in [2.75, 3.05) is 0 Å². The maximum atomic E-state index is 12.6. The molecule has 0 fully saturated rings. The molecule has 2 nitrogen and oxygen atoms in total. The molecule has 1 rings (SSSR count). The molecule has 0 aliphatic rings. The van der Waals surface area contributed by atoms with Gasteiger partial charge in [0.2, 0.25) is 0 Å². The van der Waals surface area contributed by atoms with Crippen molar-refractivity contribution in [3.8, 4) is 6.07 Å². The van der Waals surface area contributed by atoms with Crippen molar-refractivity contribution in [1.29, 1.82) is 5.26 Å². The quantitative estimate of drug-likeness (QED) is 0.682. The van der Waals surface area contributed by atoms with Crippen LogP contribution < -0.4 is 0 Å². The molecule has 1 heterocycles. The Morgan fingerprint density at radius 2 is 2.46 bits per heavy atom. The van der Waals surface area contributed by atoms with Gasteiger partial charge in [0, 0.05) is 5.56 Å². The van der Waals surface area contributed by atoms with Gasteiger partial charge < -0.3 is 0 Å². The predicted octanol–water partition coefficient (Wildman–Crippen LogP) is 2.80. The second-order valence-corrected chi connectivity index (χ2v) is 2.66. The van der Waals surface area contributed by atoms with Crippen molar-refractivity contribution < 1.29 is 4.39 Å². The van der Waals surface area contributed by atoms with E-state index in [1.807, 2.05) is 6.07 Å². The molecule has 1 aromatic heterocycles. The van der Waals surface area contributed by atoms with Crippen LogP contribution in [-0.4, -0.2) is 4.98 Å². The van der Waals surface area contributed by atoms with Gasteiger partial charge in [0.15, 0.2) is 0 Å². The number of nitriles is 1. The van der Waals surface area contributed by atoms with E-state index in [-0.39, 0.29) is 11.6 Å². The highest BCUT2D eigenvalue weighted by atomic mass is 35.5. The molecule has 0 aliphatic carbocycles. The van der Waals surface area contributed by atoms with Gasteiger partial charge in [-0.05, 0) is 6.07 Å². The molecule has 0 bridgehead atoms. The molecule has 13 heavy (non-hydrogen) atoms. The van der Waals surface area contributed by atoms with Gasteiger partial charge in [0.25, 0.3) is 0 Å². The summed E-state index contributed by atoms with van der Waals surface area (Å²) in [7, 11) is 0. The van der Waals surface area contributed by atoms with Gasteiger partial charge >= 0.3 is 0 Å². The van der Waals surface area contributed by atoms with E-state index in [9.17, 15) is 4.39 Å². The van der Waals surface area contributed by atoms with Gasteiger partial charge in [-0.3, -0.25) is 0 Å². The van der Waals surface area contributed by atoms with Crippen molar-refractivity contribution in [2.45, 2.75) is 6.42 Å². The lowest BCUT2D eigenvalue weighted by molar-refractivity contribution is 0.621. The molecular weight excluding hydrogens is 191 g/mol. The minimum atomic E-state index is -0.444. The number of nitrogens with zero attached hydrogens (tertiary/aromatic N) is 2. The summed E-state index contributed by atoms with van der Waals surface area (Å²) >= 11 is 5.66. The second-order valence-electron chi connectivity index (χ2n) is 2.30. The zero-order chi connectivity index (χ0) is 9.68. The van der Waals surface area contributed by atoms with Crippen molar-refractivity contribution in [2.24, 2.45) is 0 Å². The van der Waals surface area contributed by atoms with Gasteiger partial charge in [-0.2, -0.15) is 5.26 Å². The number of rotatable bonds is 2. The Morgan fingerprint density at radius 1 is 1.69 bits per heavy atom. The van der Waals surface area contributed by atoms with Crippen molar-refractivity contribution in [3.63, 3.8) is 0 Å². The fourth-order valence-electron chi connectivity index (χ4n) is 0.794. The van der Waals surface area contributed by atoms with Gasteiger partial charge in [-0.25, -0.2) is 9.37 Å². The Balaban J connectivity index is 2.88. The average Bonchev–Trinajstić information content (AvgIpc) is 2.11. The predicted molar refractivity (Wildman–Crippen MR) is 48.5 cm³/mol. The normalized spacial score (nSPS) is 10.2. The number of allylic oxidation sites excluding steroid dienone is 1. The number of hydrogen-bond acceptors (Lipinski definition) is 2. The third-order valence-corrected chi connectivity index (χ3v) is 1.66. The summed E-state index contributed by atoms with van der Waals surface area (Å²) in [4.78, 5) is 3.61. The Labute approximate surface area is 80.3 Å². The molecule has 0 aromatic carbocycles. The lowest BCUT2D eigenvalue weighted by atomic mass is 10.2. The molecule has 0 saturated heterocycles. The molecule has 0 saturated carbocycles. The van der Waals surface area contributed by atoms with E-state index in [1.165, 1.54) is 6.07 Å². The van der Waals surface area contributed by atoms with E-state index < -0.39 is 5.82 Å². The molecule has 0 unspecified atom stereocenters. The van der Waals surface area contributed by atoms with E-state index in [2.05, 4.69) is 4.98 Å². The van der Waals surface area contributed by atoms with E-state index in [4.69, 9.17) is 16.9 Å². The largest absolute Gasteiger partial charge is 0.241 e. The summed E-state index contributed by atoms with van der Waals surface area (Å²) in [6.07, 6.45) is 4.49. The molecule has 4 heteroatoms. The lowest BCUT2D eigenvalue weighted by Gasteiger charge is -1.95. The lowest BCUT2D eigenvalue weighted by Crippen LogP contribution is -1.83. The molecule has 0 radical (unpaired) electrons. The molecule has 0 N–H and O–H groups in total. The van der Waals surface area contributed by atoms with Crippen LogP contribution in [0.1, 0.15) is 12.0 Å². The first kappa shape index (κ1) is 9.69. The van der Waals surface area contributed by atoms with E-state index >= 15 is 0 Å². The highest BCUT2D eigenvalue weighted by Gasteiger charge is 1.98. The Kier molecular flexibility index (Phi) is 3.41. The minimum absolute atomic E-state index is 0.232. The molecule has 0 amide bonds. The van der Waals surface area contributed by atoms with E-state index in [1.54, 1.807) is 12.2 Å². The molecule has 1 aromatic rings. The third kappa shape index (κ3) is 2.85. The number of aromatic nitrogens is 1. The molecule has 66 valence electrons. The van der Waals surface area contributed by atoms with Crippen molar-refractivity contribution in [1.82, 2.24) is 4.98 Å². The second kappa shape index (κ2) is 4.58. The van der Waals surface area contributed by atoms with Gasteiger partial charge in [-0.1, -0.05) is 23.8 Å². The van der Waals surface area contributed by atoms with Crippen LogP contribution in [0, 0.1) is 17.1 Å². The zero-order valence-corrected chi connectivity index (χ0v) is 7.42. The van der Waals surface area contributed by atoms with Crippen molar-refractivity contribution in [3.05, 3.63) is 34.9 Å². The Morgan fingerprint density at radius 3 is 3.15 bits per heavy atom. The fraction of sp³-hybridized carbons (Fsp3) is 0.111. The first-order valence-electron chi connectivity index (χ1n) is 3.58. The SMILES string of the molecule is N#CCC=Cc1cc(F)cnc1Cl. The maximum absolute atomic E-state index is 12.6. The summed E-state index contributed by atoms with van der Waals surface area (Å²) in [5.41, 5.74) is 0.483. The van der Waals surface area contributed by atoms with Crippen LogP contribution in [0.4, 0.5) is 4.39 Å². The highest BCUT2D eigenvalue weighted by molar-refractivity contribution is 6.30. The number of hydrogen-bond donors (Lipinski definition) is 0. The molecule has 0 spiro atoms. The van der Waals surface area contributed by atoms with Crippen LogP contribution in [-0.2, 0) is 0 Å². The monoisotopic (exact) mass is 196 g/mol. The number of pyridine rings is 1. The zero-order valence-electron chi connectivity index (χ0n) is 6.67. The summed E-state index contributed by atoms with van der Waals surface area (Å²) in [6, 6.07) is 3.20. The molecule has 0 aliphatic heterocycles. The van der Waals surface area contributed by atoms with Gasteiger partial charge in [-0.15, -0.1) is 0 Å². The van der Waals surface area contributed by atoms with Gasteiger partial charge in [0.05, 0.1) is 18.7 Å². The maximum Gasteiger partial charge on any atom is 0.142 e. The van der Waals surface area contributed by atoms with Gasteiger partial charge in [0.1, 0.15) is 11.0 Å². The van der Waals surface area contributed by atoms with E-state index in [0.717, 1.165) is 6.20 Å². The standard InChI is InChI=1S/C9H6ClFN2/c10-9-7(3-1-2-4-12)5-8(11)6-13-9/h1,3,5-6H,2H2. The fourth-order valence-corrected chi connectivity index (χ4v) is 0.960.